The summed E-state index contributed by atoms with van der Waals surface area (Å²) in [5.74, 6) is 2.73. The summed E-state index contributed by atoms with van der Waals surface area (Å²) in [4.78, 5) is 5.00. The fourth-order valence-electron chi connectivity index (χ4n) is 6.75. The lowest BCUT2D eigenvalue weighted by Crippen LogP contribution is -2.41. The highest BCUT2D eigenvalue weighted by molar-refractivity contribution is 5.60. The summed E-state index contributed by atoms with van der Waals surface area (Å²) < 4.78 is 11.8. The first kappa shape index (κ1) is 29.3. The highest BCUT2D eigenvalue weighted by atomic mass is 16.5. The van der Waals surface area contributed by atoms with Crippen molar-refractivity contribution in [2.24, 2.45) is 5.41 Å². The van der Waals surface area contributed by atoms with E-state index in [1.807, 2.05) is 6.08 Å². The van der Waals surface area contributed by atoms with Crippen molar-refractivity contribution in [1.29, 1.82) is 0 Å². The molecule has 5 rings (SSSR count). The highest BCUT2D eigenvalue weighted by Crippen LogP contribution is 2.43. The molecule has 5 heteroatoms. The molecule has 1 N–H and O–H groups in total. The Hall–Kier alpha value is -3.18. The normalized spacial score (nSPS) is 20.7. The Labute approximate surface area is 247 Å². The number of methoxy groups -OCH3 is 1. The molecular formula is C36H48N2O3. The van der Waals surface area contributed by atoms with Crippen LogP contribution in [0.15, 0.2) is 77.6 Å². The standard InChI is InChI=1S/C36H48N2O3/c1-5-38(25-27-10-14-32(15-11-27)41-21-20-37-19-7-18-36(2,3)26-37)35-24-33(40-4)16-17-34(35)30-13-12-29-23-31(39)9-6-8-28(29)22-30/h6,8,10-11,14-17,23-24,30,39H,5,7,9,12-13,18-22,25-26H2,1-4H3. The number of aliphatic hydroxyl groups is 1. The number of allylic oxidation sites excluding steroid dienone is 5. The van der Waals surface area contributed by atoms with Gasteiger partial charge in [0.1, 0.15) is 18.1 Å². The maximum atomic E-state index is 10.1. The van der Waals surface area contributed by atoms with Crippen LogP contribution in [-0.4, -0.2) is 49.9 Å². The molecule has 2 aromatic rings. The Morgan fingerprint density at radius 3 is 2.63 bits per heavy atom. The lowest BCUT2D eigenvalue weighted by molar-refractivity contribution is 0.102. The lowest BCUT2D eigenvalue weighted by Gasteiger charge is -2.37. The van der Waals surface area contributed by atoms with Gasteiger partial charge in [0.05, 0.1) is 12.9 Å². The van der Waals surface area contributed by atoms with E-state index in [1.165, 1.54) is 47.3 Å². The molecule has 1 unspecified atom stereocenters. The van der Waals surface area contributed by atoms with Gasteiger partial charge in [-0.15, -0.1) is 0 Å². The number of anilines is 1. The molecule has 1 aliphatic heterocycles. The molecule has 2 aliphatic carbocycles. The number of benzene rings is 2. The van der Waals surface area contributed by atoms with Gasteiger partial charge in [0.15, 0.2) is 0 Å². The smallest absolute Gasteiger partial charge is 0.120 e. The number of nitrogens with zero attached hydrogens (tertiary/aromatic N) is 2. The van der Waals surface area contributed by atoms with Crippen LogP contribution in [-0.2, 0) is 6.54 Å². The van der Waals surface area contributed by atoms with Crippen LogP contribution < -0.4 is 14.4 Å². The van der Waals surface area contributed by atoms with Crippen LogP contribution in [0.25, 0.3) is 0 Å². The summed E-state index contributed by atoms with van der Waals surface area (Å²) in [5.41, 5.74) is 6.96. The van der Waals surface area contributed by atoms with Gasteiger partial charge >= 0.3 is 0 Å². The largest absolute Gasteiger partial charge is 0.512 e. The Kier molecular flexibility index (Phi) is 9.44. The second-order valence-corrected chi connectivity index (χ2v) is 12.7. The topological polar surface area (TPSA) is 45.2 Å². The zero-order valence-corrected chi connectivity index (χ0v) is 25.5. The molecule has 0 radical (unpaired) electrons. The number of ether oxygens (including phenoxy) is 2. The van der Waals surface area contributed by atoms with Crippen molar-refractivity contribution < 1.29 is 14.6 Å². The monoisotopic (exact) mass is 556 g/mol. The third-order valence-corrected chi connectivity index (χ3v) is 8.98. The Bertz CT molecular complexity index is 1270. The molecule has 0 spiro atoms. The Morgan fingerprint density at radius 2 is 1.88 bits per heavy atom. The van der Waals surface area contributed by atoms with Crippen LogP contribution in [0.3, 0.4) is 0 Å². The first-order chi connectivity index (χ1) is 19.8. The fraction of sp³-hybridized carbons (Fsp3) is 0.500. The molecule has 0 aromatic heterocycles. The SMILES string of the molecule is CCN(Cc1ccc(OCCN2CCCC(C)(C)C2)cc1)c1cc(OC)ccc1C1CCC2=C(C=CCC(O)=C2)C1. The van der Waals surface area contributed by atoms with Crippen molar-refractivity contribution in [3.05, 3.63) is 88.7 Å². The third-order valence-electron chi connectivity index (χ3n) is 8.98. The van der Waals surface area contributed by atoms with Gasteiger partial charge in [-0.05, 0) is 103 Å². The molecule has 1 atom stereocenters. The first-order valence-corrected chi connectivity index (χ1v) is 15.5. The average molecular weight is 557 g/mol. The third kappa shape index (κ3) is 7.56. The summed E-state index contributed by atoms with van der Waals surface area (Å²) in [7, 11) is 1.74. The molecule has 3 aliphatic rings. The average Bonchev–Trinajstić information content (AvgIpc) is 3.16. The summed E-state index contributed by atoms with van der Waals surface area (Å²) in [6, 6.07) is 15.2. The predicted molar refractivity (Wildman–Crippen MR) is 169 cm³/mol. The van der Waals surface area contributed by atoms with Crippen molar-refractivity contribution in [3.63, 3.8) is 0 Å². The van der Waals surface area contributed by atoms with Crippen LogP contribution >= 0.6 is 0 Å². The van der Waals surface area contributed by atoms with E-state index in [-0.39, 0.29) is 0 Å². The van der Waals surface area contributed by atoms with E-state index in [0.717, 1.165) is 63.5 Å². The molecule has 2 aromatic carbocycles. The van der Waals surface area contributed by atoms with Crippen molar-refractivity contribution in [1.82, 2.24) is 4.90 Å². The quantitative estimate of drug-likeness (QED) is 0.320. The number of rotatable bonds is 10. The Morgan fingerprint density at radius 1 is 1.07 bits per heavy atom. The minimum absolute atomic E-state index is 0.415. The van der Waals surface area contributed by atoms with E-state index in [0.29, 0.717) is 23.5 Å². The zero-order chi connectivity index (χ0) is 28.8. The summed E-state index contributed by atoms with van der Waals surface area (Å²) in [6.07, 6.45) is 12.6. The van der Waals surface area contributed by atoms with E-state index >= 15 is 0 Å². The molecule has 41 heavy (non-hydrogen) atoms. The summed E-state index contributed by atoms with van der Waals surface area (Å²) >= 11 is 0. The second-order valence-electron chi connectivity index (χ2n) is 12.7. The number of piperidine rings is 1. The maximum Gasteiger partial charge on any atom is 0.120 e. The molecule has 0 amide bonds. The van der Waals surface area contributed by atoms with Gasteiger partial charge in [0.2, 0.25) is 0 Å². The van der Waals surface area contributed by atoms with Crippen LogP contribution in [0.1, 0.15) is 76.3 Å². The van der Waals surface area contributed by atoms with Gasteiger partial charge in [-0.25, -0.2) is 0 Å². The van der Waals surface area contributed by atoms with Gasteiger partial charge in [0.25, 0.3) is 0 Å². The maximum absolute atomic E-state index is 10.1. The Balaban J connectivity index is 1.25. The van der Waals surface area contributed by atoms with Gasteiger partial charge in [-0.2, -0.15) is 0 Å². The van der Waals surface area contributed by atoms with Crippen LogP contribution in [0, 0.1) is 5.41 Å². The minimum atomic E-state index is 0.415. The molecule has 1 heterocycles. The second kappa shape index (κ2) is 13.2. The van der Waals surface area contributed by atoms with Crippen molar-refractivity contribution in [2.75, 3.05) is 44.8 Å². The van der Waals surface area contributed by atoms with Crippen molar-refractivity contribution >= 4 is 5.69 Å². The summed E-state index contributed by atoms with van der Waals surface area (Å²) in [5, 5.41) is 10.1. The number of likely N-dealkylation sites (tertiary alicyclic amines) is 1. The predicted octanol–water partition coefficient (Wildman–Crippen LogP) is 8.19. The molecule has 0 saturated carbocycles. The van der Waals surface area contributed by atoms with Gasteiger partial charge in [0, 0.05) is 44.4 Å². The number of hydrogen-bond donors (Lipinski definition) is 1. The molecule has 0 bridgehead atoms. The van der Waals surface area contributed by atoms with Crippen LogP contribution in [0.2, 0.25) is 0 Å². The molecule has 220 valence electrons. The fourth-order valence-corrected chi connectivity index (χ4v) is 6.75. The molecule has 5 nitrogen and oxygen atoms in total. The van der Waals surface area contributed by atoms with Gasteiger partial charge in [-0.1, -0.05) is 44.2 Å². The minimum Gasteiger partial charge on any atom is -0.512 e. The van der Waals surface area contributed by atoms with Gasteiger partial charge in [-0.3, -0.25) is 4.90 Å². The van der Waals surface area contributed by atoms with E-state index in [4.69, 9.17) is 9.47 Å². The molecule has 1 saturated heterocycles. The lowest BCUT2D eigenvalue weighted by atomic mass is 9.79. The zero-order valence-electron chi connectivity index (χ0n) is 25.5. The van der Waals surface area contributed by atoms with E-state index in [9.17, 15) is 5.11 Å². The first-order valence-electron chi connectivity index (χ1n) is 15.5. The van der Waals surface area contributed by atoms with Crippen LogP contribution in [0.4, 0.5) is 5.69 Å². The number of aliphatic hydroxyl groups excluding tert-OH is 1. The van der Waals surface area contributed by atoms with Crippen molar-refractivity contribution in [3.8, 4) is 11.5 Å². The molecule has 1 fully saturated rings. The van der Waals surface area contributed by atoms with E-state index < -0.39 is 0 Å². The van der Waals surface area contributed by atoms with Crippen molar-refractivity contribution in [2.45, 2.75) is 71.8 Å². The van der Waals surface area contributed by atoms with Crippen LogP contribution in [0.5, 0.6) is 11.5 Å². The van der Waals surface area contributed by atoms with Gasteiger partial charge < -0.3 is 19.5 Å². The highest BCUT2D eigenvalue weighted by Gasteiger charge is 2.27. The van der Waals surface area contributed by atoms with E-state index in [1.54, 1.807) is 7.11 Å². The van der Waals surface area contributed by atoms with E-state index in [2.05, 4.69) is 85.2 Å². The number of hydrogen-bond acceptors (Lipinski definition) is 5. The molecular weight excluding hydrogens is 508 g/mol. The summed E-state index contributed by atoms with van der Waals surface area (Å²) in [6.45, 7) is 12.8.